The molecule has 1 heterocycles. The van der Waals surface area contributed by atoms with Crippen molar-refractivity contribution in [2.75, 3.05) is 18.5 Å². The topological polar surface area (TPSA) is 71.0 Å². The third-order valence-corrected chi connectivity index (χ3v) is 4.23. The number of urea groups is 1. The summed E-state index contributed by atoms with van der Waals surface area (Å²) in [6, 6.07) is 7.26. The molecule has 2 amide bonds. The number of hydrogen-bond acceptors (Lipinski definition) is 4. The molecule has 0 saturated heterocycles. The molecule has 1 saturated carbocycles. The standard InChI is InChI=1S/C17H21N3O3/c1-2-23-15(21)11-20-17(22)18-14-10-6-5-9-13(14)16(19-20)12-7-3-4-8-12/h5-6,9-10,12H,2-4,7-8,11H2,1H3,(H,18,22). The molecule has 122 valence electrons. The summed E-state index contributed by atoms with van der Waals surface area (Å²) in [7, 11) is 0. The average Bonchev–Trinajstić information content (AvgIpc) is 3.02. The highest BCUT2D eigenvalue weighted by Gasteiger charge is 2.30. The number of esters is 1. The lowest BCUT2D eigenvalue weighted by Gasteiger charge is -2.17. The van der Waals surface area contributed by atoms with Gasteiger partial charge >= 0.3 is 12.0 Å². The van der Waals surface area contributed by atoms with Crippen LogP contribution in [0.25, 0.3) is 0 Å². The molecule has 1 N–H and O–H groups in total. The van der Waals surface area contributed by atoms with Crippen molar-refractivity contribution in [2.45, 2.75) is 32.6 Å². The highest BCUT2D eigenvalue weighted by molar-refractivity contribution is 6.11. The van der Waals surface area contributed by atoms with E-state index in [1.165, 1.54) is 17.9 Å². The lowest BCUT2D eigenvalue weighted by molar-refractivity contribution is -0.143. The number of hydrazone groups is 1. The Morgan fingerprint density at radius 1 is 1.35 bits per heavy atom. The molecule has 1 aromatic carbocycles. The van der Waals surface area contributed by atoms with Crippen LogP contribution in [0.1, 0.15) is 38.2 Å². The van der Waals surface area contributed by atoms with Crippen LogP contribution in [-0.2, 0) is 9.53 Å². The molecule has 2 aliphatic rings. The predicted octanol–water partition coefficient (Wildman–Crippen LogP) is 2.99. The van der Waals surface area contributed by atoms with Crippen molar-refractivity contribution < 1.29 is 14.3 Å². The summed E-state index contributed by atoms with van der Waals surface area (Å²) in [5.41, 5.74) is 2.58. The minimum atomic E-state index is -0.455. The van der Waals surface area contributed by atoms with Crippen molar-refractivity contribution in [3.8, 4) is 0 Å². The van der Waals surface area contributed by atoms with Crippen molar-refractivity contribution in [3.05, 3.63) is 29.8 Å². The van der Waals surface area contributed by atoms with Gasteiger partial charge < -0.3 is 10.1 Å². The highest BCUT2D eigenvalue weighted by Crippen LogP contribution is 2.32. The molecule has 6 heteroatoms. The molecule has 23 heavy (non-hydrogen) atoms. The fourth-order valence-electron chi connectivity index (χ4n) is 3.16. The lowest BCUT2D eigenvalue weighted by Crippen LogP contribution is -2.35. The van der Waals surface area contributed by atoms with E-state index in [0.29, 0.717) is 5.92 Å². The van der Waals surface area contributed by atoms with Gasteiger partial charge in [0, 0.05) is 11.5 Å². The van der Waals surface area contributed by atoms with Gasteiger partial charge in [-0.3, -0.25) is 4.79 Å². The van der Waals surface area contributed by atoms with Crippen LogP contribution in [0.15, 0.2) is 29.4 Å². The van der Waals surface area contributed by atoms with Crippen LogP contribution < -0.4 is 5.32 Å². The number of fused-ring (bicyclic) bond motifs is 1. The highest BCUT2D eigenvalue weighted by atomic mass is 16.5. The summed E-state index contributed by atoms with van der Waals surface area (Å²) in [5, 5.41) is 8.56. The molecule has 0 spiro atoms. The number of carbonyl (C=O) groups excluding carboxylic acids is 2. The number of carbonyl (C=O) groups is 2. The van der Waals surface area contributed by atoms with Crippen LogP contribution in [0.2, 0.25) is 0 Å². The zero-order valence-electron chi connectivity index (χ0n) is 13.2. The minimum Gasteiger partial charge on any atom is -0.465 e. The summed E-state index contributed by atoms with van der Waals surface area (Å²) in [6.45, 7) is 1.85. The Balaban J connectivity index is 1.95. The van der Waals surface area contributed by atoms with Crippen LogP contribution in [0, 0.1) is 5.92 Å². The molecule has 0 bridgehead atoms. The molecule has 1 aliphatic carbocycles. The van der Waals surface area contributed by atoms with E-state index >= 15 is 0 Å². The van der Waals surface area contributed by atoms with E-state index in [2.05, 4.69) is 10.4 Å². The number of anilines is 1. The quantitative estimate of drug-likeness (QED) is 0.868. The monoisotopic (exact) mass is 315 g/mol. The number of amides is 2. The molecule has 0 unspecified atom stereocenters. The molecule has 0 atom stereocenters. The summed E-state index contributed by atoms with van der Waals surface area (Å²) in [5.74, 6) is -0.128. The maximum absolute atomic E-state index is 12.4. The first kappa shape index (κ1) is 15.5. The van der Waals surface area contributed by atoms with Crippen molar-refractivity contribution >= 4 is 23.4 Å². The Bertz CT molecular complexity index is 636. The number of nitrogens with zero attached hydrogens (tertiary/aromatic N) is 2. The minimum absolute atomic E-state index is 0.177. The Morgan fingerprint density at radius 3 is 2.83 bits per heavy atom. The number of rotatable bonds is 4. The van der Waals surface area contributed by atoms with Gasteiger partial charge in [0.2, 0.25) is 0 Å². The van der Waals surface area contributed by atoms with Gasteiger partial charge in [-0.15, -0.1) is 0 Å². The molecule has 3 rings (SSSR count). The number of ether oxygens (including phenoxy) is 1. The Labute approximate surface area is 135 Å². The number of benzene rings is 1. The smallest absolute Gasteiger partial charge is 0.342 e. The van der Waals surface area contributed by atoms with E-state index in [-0.39, 0.29) is 13.2 Å². The van der Waals surface area contributed by atoms with Gasteiger partial charge in [0.25, 0.3) is 0 Å². The van der Waals surface area contributed by atoms with Crippen molar-refractivity contribution in [1.29, 1.82) is 0 Å². The molecule has 1 aliphatic heterocycles. The van der Waals surface area contributed by atoms with Gasteiger partial charge in [0.15, 0.2) is 0 Å². The van der Waals surface area contributed by atoms with Crippen LogP contribution in [0.4, 0.5) is 10.5 Å². The summed E-state index contributed by atoms with van der Waals surface area (Å²) < 4.78 is 4.94. The summed E-state index contributed by atoms with van der Waals surface area (Å²) >= 11 is 0. The second-order valence-electron chi connectivity index (χ2n) is 5.81. The molecule has 0 aromatic heterocycles. The van der Waals surface area contributed by atoms with Gasteiger partial charge in [-0.25, -0.2) is 9.80 Å². The van der Waals surface area contributed by atoms with Gasteiger partial charge in [-0.1, -0.05) is 31.0 Å². The molecule has 6 nitrogen and oxygen atoms in total. The maximum atomic E-state index is 12.4. The first-order valence-corrected chi connectivity index (χ1v) is 8.11. The van der Waals surface area contributed by atoms with Gasteiger partial charge in [-0.05, 0) is 25.8 Å². The Kier molecular flexibility index (Phi) is 4.60. The van der Waals surface area contributed by atoms with E-state index in [1.54, 1.807) is 6.92 Å². The fourth-order valence-corrected chi connectivity index (χ4v) is 3.16. The SMILES string of the molecule is CCOC(=O)CN1N=C(C2CCCC2)c2ccccc2NC1=O. The van der Waals surface area contributed by atoms with Crippen molar-refractivity contribution in [1.82, 2.24) is 5.01 Å². The largest absolute Gasteiger partial charge is 0.465 e. The third kappa shape index (κ3) is 3.36. The summed E-state index contributed by atoms with van der Waals surface area (Å²) in [4.78, 5) is 24.1. The normalized spacial score (nSPS) is 18.0. The Morgan fingerprint density at radius 2 is 2.09 bits per heavy atom. The van der Waals surface area contributed by atoms with E-state index in [0.717, 1.165) is 29.8 Å². The number of nitrogens with one attached hydrogen (secondary N) is 1. The molecular formula is C17H21N3O3. The van der Waals surface area contributed by atoms with Crippen LogP contribution in [0.3, 0.4) is 0 Å². The zero-order chi connectivity index (χ0) is 16.2. The van der Waals surface area contributed by atoms with Crippen LogP contribution in [0.5, 0.6) is 0 Å². The van der Waals surface area contributed by atoms with E-state index in [4.69, 9.17) is 4.74 Å². The van der Waals surface area contributed by atoms with Crippen LogP contribution in [-0.4, -0.2) is 35.9 Å². The summed E-state index contributed by atoms with van der Waals surface area (Å²) in [6.07, 6.45) is 4.47. The second kappa shape index (κ2) is 6.81. The predicted molar refractivity (Wildman–Crippen MR) is 87.3 cm³/mol. The molecular weight excluding hydrogens is 294 g/mol. The van der Waals surface area contributed by atoms with Crippen molar-refractivity contribution in [2.24, 2.45) is 11.0 Å². The number of hydrogen-bond donors (Lipinski definition) is 1. The van der Waals surface area contributed by atoms with E-state index in [9.17, 15) is 9.59 Å². The second-order valence-corrected chi connectivity index (χ2v) is 5.81. The first-order chi connectivity index (χ1) is 11.2. The Hall–Kier alpha value is -2.37. The third-order valence-electron chi connectivity index (χ3n) is 4.23. The van der Waals surface area contributed by atoms with Gasteiger partial charge in [0.1, 0.15) is 6.54 Å². The number of para-hydroxylation sites is 1. The van der Waals surface area contributed by atoms with Gasteiger partial charge in [-0.2, -0.15) is 5.10 Å². The molecule has 0 radical (unpaired) electrons. The lowest BCUT2D eigenvalue weighted by atomic mass is 9.94. The van der Waals surface area contributed by atoms with Crippen LogP contribution >= 0.6 is 0 Å². The molecule has 1 aromatic rings. The average molecular weight is 315 g/mol. The fraction of sp³-hybridized carbons (Fsp3) is 0.471. The van der Waals surface area contributed by atoms with E-state index in [1.807, 2.05) is 24.3 Å². The van der Waals surface area contributed by atoms with E-state index < -0.39 is 12.0 Å². The first-order valence-electron chi connectivity index (χ1n) is 8.11. The van der Waals surface area contributed by atoms with Crippen molar-refractivity contribution in [3.63, 3.8) is 0 Å². The zero-order valence-corrected chi connectivity index (χ0v) is 13.2. The van der Waals surface area contributed by atoms with Gasteiger partial charge in [0.05, 0.1) is 18.0 Å². The maximum Gasteiger partial charge on any atom is 0.342 e. The molecule has 1 fully saturated rings.